The molecule has 1 amide bonds. The Bertz CT molecular complexity index is 375. The highest BCUT2D eigenvalue weighted by atomic mass is 16.4. The molecule has 18 heavy (non-hydrogen) atoms. The highest BCUT2D eigenvalue weighted by Crippen LogP contribution is 2.46. The van der Waals surface area contributed by atoms with Gasteiger partial charge in [-0.25, -0.2) is 4.79 Å². The summed E-state index contributed by atoms with van der Waals surface area (Å²) in [5, 5.41) is 31.0. The lowest BCUT2D eigenvalue weighted by Crippen LogP contribution is -2.77. The van der Waals surface area contributed by atoms with Crippen LogP contribution in [0, 0.1) is 0 Å². The van der Waals surface area contributed by atoms with E-state index in [0.29, 0.717) is 0 Å². The number of carbonyl (C=O) groups excluding carboxylic acids is 1. The van der Waals surface area contributed by atoms with Crippen LogP contribution in [0.5, 0.6) is 0 Å². The van der Waals surface area contributed by atoms with Gasteiger partial charge in [-0.05, 0) is 20.8 Å². The fourth-order valence-electron chi connectivity index (χ4n) is 3.36. The third-order valence-corrected chi connectivity index (χ3v) is 4.23. The van der Waals surface area contributed by atoms with Crippen molar-refractivity contribution in [3.63, 3.8) is 0 Å². The molecule has 0 radical (unpaired) electrons. The lowest BCUT2D eigenvalue weighted by atomic mass is 9.85. The van der Waals surface area contributed by atoms with Gasteiger partial charge in [-0.2, -0.15) is 0 Å². The molecule has 1 saturated heterocycles. The Labute approximate surface area is 106 Å². The van der Waals surface area contributed by atoms with Gasteiger partial charge in [-0.15, -0.1) is 0 Å². The fraction of sp³-hybridized carbons (Fsp3) is 0.833. The summed E-state index contributed by atoms with van der Waals surface area (Å²) in [6.45, 7) is 6.48. The van der Waals surface area contributed by atoms with Crippen LogP contribution in [0.4, 0.5) is 4.79 Å². The van der Waals surface area contributed by atoms with Gasteiger partial charge in [0.05, 0.1) is 5.54 Å². The lowest BCUT2D eigenvalue weighted by Gasteiger charge is -2.53. The molecule has 0 aromatic carbocycles. The van der Waals surface area contributed by atoms with Crippen molar-refractivity contribution in [3.05, 3.63) is 0 Å². The molecule has 1 aliphatic heterocycles. The van der Waals surface area contributed by atoms with Gasteiger partial charge < -0.3 is 20.1 Å². The monoisotopic (exact) mass is 259 g/mol. The Kier molecular flexibility index (Phi) is 3.49. The van der Waals surface area contributed by atoms with Crippen molar-refractivity contribution in [2.75, 3.05) is 6.54 Å². The minimum absolute atomic E-state index is 0.0654. The van der Waals surface area contributed by atoms with Crippen LogP contribution < -0.4 is 5.11 Å². The molecule has 1 aliphatic rings. The summed E-state index contributed by atoms with van der Waals surface area (Å²) >= 11 is 0. The van der Waals surface area contributed by atoms with E-state index >= 15 is 0 Å². The molecule has 6 heteroatoms. The Hall–Kier alpha value is -1.14. The van der Waals surface area contributed by atoms with Crippen molar-refractivity contribution < 1.29 is 29.4 Å². The maximum absolute atomic E-state index is 11.7. The number of hydrogen-bond donors (Lipinski definition) is 2. The molecule has 0 aliphatic carbocycles. The molecule has 0 saturated carbocycles. The molecule has 0 aromatic heterocycles. The summed E-state index contributed by atoms with van der Waals surface area (Å²) in [6, 6.07) is 0. The van der Waals surface area contributed by atoms with E-state index < -0.39 is 33.7 Å². The average Bonchev–Trinajstić information content (AvgIpc) is 2.52. The van der Waals surface area contributed by atoms with Crippen LogP contribution in [-0.2, 0) is 4.79 Å². The molecule has 3 atom stereocenters. The smallest absolute Gasteiger partial charge is 0.366 e. The van der Waals surface area contributed by atoms with Crippen LogP contribution in [0.1, 0.15) is 40.5 Å². The highest BCUT2D eigenvalue weighted by molar-refractivity contribution is 5.80. The van der Waals surface area contributed by atoms with Gasteiger partial charge in [-0.1, -0.05) is 6.92 Å². The molecule has 0 bridgehead atoms. The summed E-state index contributed by atoms with van der Waals surface area (Å²) in [5.41, 5.74) is -2.40. The summed E-state index contributed by atoms with van der Waals surface area (Å²) in [6.07, 6.45) is -2.32. The number of carboxylic acids is 1. The second-order valence-corrected chi connectivity index (χ2v) is 5.98. The maximum atomic E-state index is 11.7. The SMILES string of the molecule is CC[C@@]1(C(=O)O)C[C@H](O)C[N+]1(C(=O)[O-])C(C)(C)C. The topological polar surface area (TPSA) is 97.7 Å². The molecule has 1 fully saturated rings. The number of aliphatic hydroxyl groups excluding tert-OH is 1. The average molecular weight is 259 g/mol. The largest absolute Gasteiger partial charge is 0.498 e. The number of nitrogens with zero attached hydrogens (tertiary/aromatic N) is 1. The van der Waals surface area contributed by atoms with Crippen LogP contribution in [0.25, 0.3) is 0 Å². The first-order valence-electron chi connectivity index (χ1n) is 6.06. The number of amides is 1. The molecular weight excluding hydrogens is 238 g/mol. The van der Waals surface area contributed by atoms with E-state index in [0.717, 1.165) is 0 Å². The van der Waals surface area contributed by atoms with Gasteiger partial charge in [0.25, 0.3) is 6.09 Å². The van der Waals surface area contributed by atoms with Crippen LogP contribution in [0.15, 0.2) is 0 Å². The first-order chi connectivity index (χ1) is 8.05. The van der Waals surface area contributed by atoms with E-state index in [2.05, 4.69) is 0 Å². The maximum Gasteiger partial charge on any atom is 0.366 e. The van der Waals surface area contributed by atoms with Gasteiger partial charge in [0.2, 0.25) is 5.54 Å². The van der Waals surface area contributed by atoms with Gasteiger partial charge in [0.1, 0.15) is 12.6 Å². The van der Waals surface area contributed by atoms with E-state index in [4.69, 9.17) is 0 Å². The number of aliphatic carboxylic acids is 1. The molecule has 1 unspecified atom stereocenters. The molecule has 6 nitrogen and oxygen atoms in total. The Morgan fingerprint density at radius 1 is 1.44 bits per heavy atom. The highest BCUT2D eigenvalue weighted by Gasteiger charge is 2.68. The Balaban J connectivity index is 3.57. The second kappa shape index (κ2) is 4.20. The number of quaternary nitrogens is 1. The zero-order chi connectivity index (χ0) is 14.4. The Morgan fingerprint density at radius 3 is 2.17 bits per heavy atom. The van der Waals surface area contributed by atoms with Gasteiger partial charge in [0.15, 0.2) is 0 Å². The summed E-state index contributed by atoms with van der Waals surface area (Å²) < 4.78 is -0.743. The van der Waals surface area contributed by atoms with Crippen LogP contribution in [-0.4, -0.2) is 50.5 Å². The second-order valence-electron chi connectivity index (χ2n) is 5.98. The van der Waals surface area contributed by atoms with E-state index in [-0.39, 0.29) is 19.4 Å². The van der Waals surface area contributed by atoms with Crippen molar-refractivity contribution in [2.45, 2.75) is 57.7 Å². The lowest BCUT2D eigenvalue weighted by molar-refractivity contribution is -0.946. The standard InChI is InChI=1S/C12H21NO5/c1-5-12(9(15)16)6-8(14)7-13(12,10(17)18)11(2,3)4/h8,14H,5-7H2,1-4H3,(H-,15,16,17,18)/t8-,12-,13?/m0/s1. The van der Waals surface area contributed by atoms with Gasteiger partial charge in [0, 0.05) is 12.8 Å². The van der Waals surface area contributed by atoms with Crippen molar-refractivity contribution in [1.82, 2.24) is 0 Å². The van der Waals surface area contributed by atoms with Crippen molar-refractivity contribution in [3.8, 4) is 0 Å². The van der Waals surface area contributed by atoms with E-state index in [1.54, 1.807) is 27.7 Å². The number of carbonyl (C=O) groups is 2. The predicted molar refractivity (Wildman–Crippen MR) is 61.6 cm³/mol. The van der Waals surface area contributed by atoms with Crippen LogP contribution in [0.3, 0.4) is 0 Å². The molecule has 0 spiro atoms. The molecular formula is C12H21NO5. The number of likely N-dealkylation sites (tertiary alicyclic amines) is 1. The molecule has 1 rings (SSSR count). The first-order valence-corrected chi connectivity index (χ1v) is 6.06. The minimum atomic E-state index is -1.53. The third-order valence-electron chi connectivity index (χ3n) is 4.23. The zero-order valence-electron chi connectivity index (χ0n) is 11.3. The van der Waals surface area contributed by atoms with Crippen LogP contribution in [0.2, 0.25) is 0 Å². The Morgan fingerprint density at radius 2 is 1.94 bits per heavy atom. The van der Waals surface area contributed by atoms with E-state index in [9.17, 15) is 24.9 Å². The molecule has 2 N–H and O–H groups in total. The fourth-order valence-corrected chi connectivity index (χ4v) is 3.36. The number of aliphatic hydroxyl groups is 1. The van der Waals surface area contributed by atoms with Gasteiger partial charge in [-0.3, -0.25) is 4.48 Å². The number of rotatable bonds is 2. The normalized spacial score (nSPS) is 36.6. The van der Waals surface area contributed by atoms with Crippen molar-refractivity contribution >= 4 is 12.1 Å². The summed E-state index contributed by atoms with van der Waals surface area (Å²) in [7, 11) is 0. The first kappa shape index (κ1) is 14.9. The minimum Gasteiger partial charge on any atom is -0.498 e. The van der Waals surface area contributed by atoms with Gasteiger partial charge >= 0.3 is 5.97 Å². The van der Waals surface area contributed by atoms with Crippen LogP contribution >= 0.6 is 0 Å². The van der Waals surface area contributed by atoms with Crippen molar-refractivity contribution in [2.24, 2.45) is 0 Å². The van der Waals surface area contributed by atoms with E-state index in [1.165, 1.54) is 0 Å². The van der Waals surface area contributed by atoms with Crippen molar-refractivity contribution in [1.29, 1.82) is 0 Å². The molecule has 0 aromatic rings. The molecule has 104 valence electrons. The predicted octanol–water partition coefficient (Wildman–Crippen LogP) is -0.0570. The quantitative estimate of drug-likeness (QED) is 0.677. The van der Waals surface area contributed by atoms with E-state index in [1.807, 2.05) is 0 Å². The summed E-state index contributed by atoms with van der Waals surface area (Å²) in [5.74, 6) is -1.19. The number of hydrogen-bond acceptors (Lipinski definition) is 4. The number of carboxylic acid groups (broad SMARTS) is 2. The molecule has 1 heterocycles. The third kappa shape index (κ3) is 1.63. The summed E-state index contributed by atoms with van der Waals surface area (Å²) in [4.78, 5) is 23.3. The zero-order valence-corrected chi connectivity index (χ0v) is 11.3.